The fourth-order valence-electron chi connectivity index (χ4n) is 1.79. The van der Waals surface area contributed by atoms with E-state index < -0.39 is 0 Å². The molecule has 1 saturated carbocycles. The summed E-state index contributed by atoms with van der Waals surface area (Å²) < 4.78 is 0.937. The minimum Gasteiger partial charge on any atom is -0.324 e. The Morgan fingerprint density at radius 1 is 1.40 bits per heavy atom. The summed E-state index contributed by atoms with van der Waals surface area (Å²) in [5, 5.41) is 0.745. The number of nitrogens with two attached hydrogens (primary N) is 1. The van der Waals surface area contributed by atoms with Crippen LogP contribution in [0.25, 0.3) is 0 Å². The number of hydrogen-bond acceptors (Lipinski definition) is 1. The van der Waals surface area contributed by atoms with E-state index in [1.807, 2.05) is 18.2 Å². The van der Waals surface area contributed by atoms with Crippen molar-refractivity contribution in [1.29, 1.82) is 0 Å². The lowest BCUT2D eigenvalue weighted by Crippen LogP contribution is -2.26. The summed E-state index contributed by atoms with van der Waals surface area (Å²) in [6, 6.07) is 6.14. The highest BCUT2D eigenvalue weighted by molar-refractivity contribution is 9.10. The molecule has 2 rings (SSSR count). The average Bonchev–Trinajstić information content (AvgIpc) is 2.06. The minimum absolute atomic E-state index is 0. The van der Waals surface area contributed by atoms with E-state index in [1.54, 1.807) is 0 Å². The lowest BCUT2D eigenvalue weighted by atomic mass is 9.78. The monoisotopic (exact) mass is 309 g/mol. The standard InChI is InChI=1S/C11H13BrClN.ClH/c12-9-6-8(4-5-10(9)13)11(14)7-2-1-3-7;/h4-7,11H,1-3,14H2;1H/t11-;/m0./s1. The normalized spacial score (nSPS) is 17.8. The molecule has 1 aromatic carbocycles. The zero-order chi connectivity index (χ0) is 10.1. The van der Waals surface area contributed by atoms with Gasteiger partial charge in [-0.2, -0.15) is 0 Å². The number of benzene rings is 1. The van der Waals surface area contributed by atoms with E-state index in [1.165, 1.54) is 24.8 Å². The van der Waals surface area contributed by atoms with Crippen LogP contribution >= 0.6 is 39.9 Å². The third-order valence-corrected chi connectivity index (χ3v) is 4.20. The predicted octanol–water partition coefficient (Wildman–Crippen LogP) is 4.32. The van der Waals surface area contributed by atoms with Gasteiger partial charge in [0.1, 0.15) is 0 Å². The maximum atomic E-state index is 6.16. The Morgan fingerprint density at radius 2 is 2.07 bits per heavy atom. The quantitative estimate of drug-likeness (QED) is 0.864. The van der Waals surface area contributed by atoms with Crippen LogP contribution < -0.4 is 5.73 Å². The Morgan fingerprint density at radius 3 is 2.53 bits per heavy atom. The summed E-state index contributed by atoms with van der Waals surface area (Å²) in [6.45, 7) is 0. The largest absolute Gasteiger partial charge is 0.324 e. The van der Waals surface area contributed by atoms with Crippen LogP contribution in [-0.2, 0) is 0 Å². The first-order chi connectivity index (χ1) is 6.68. The van der Waals surface area contributed by atoms with Gasteiger partial charge in [0, 0.05) is 10.5 Å². The minimum atomic E-state index is 0. The third kappa shape index (κ3) is 2.88. The topological polar surface area (TPSA) is 26.0 Å². The molecular formula is C11H14BrCl2N. The zero-order valence-corrected chi connectivity index (χ0v) is 11.4. The van der Waals surface area contributed by atoms with Crippen LogP contribution in [0.1, 0.15) is 30.9 Å². The molecular weight excluding hydrogens is 297 g/mol. The Labute approximate surface area is 110 Å². The molecule has 0 saturated heterocycles. The van der Waals surface area contributed by atoms with E-state index in [0.717, 1.165) is 9.50 Å². The van der Waals surface area contributed by atoms with Gasteiger partial charge in [-0.1, -0.05) is 24.1 Å². The van der Waals surface area contributed by atoms with Crippen LogP contribution in [0.3, 0.4) is 0 Å². The van der Waals surface area contributed by atoms with Crippen molar-refractivity contribution in [3.63, 3.8) is 0 Å². The molecule has 1 aromatic rings. The summed E-state index contributed by atoms with van der Waals surface area (Å²) in [6.07, 6.45) is 3.86. The van der Waals surface area contributed by atoms with Crippen LogP contribution in [-0.4, -0.2) is 0 Å². The second kappa shape index (κ2) is 5.53. The van der Waals surface area contributed by atoms with E-state index >= 15 is 0 Å². The van der Waals surface area contributed by atoms with E-state index in [4.69, 9.17) is 17.3 Å². The molecule has 0 aliphatic heterocycles. The van der Waals surface area contributed by atoms with Gasteiger partial charge in [0.15, 0.2) is 0 Å². The SMILES string of the molecule is Cl.N[C@H](c1ccc(Cl)c(Br)c1)C1CCC1. The molecule has 15 heavy (non-hydrogen) atoms. The van der Waals surface area contributed by atoms with E-state index in [0.29, 0.717) is 5.92 Å². The first kappa shape index (κ1) is 13.3. The molecule has 1 aliphatic rings. The van der Waals surface area contributed by atoms with Crippen molar-refractivity contribution in [2.45, 2.75) is 25.3 Å². The highest BCUT2D eigenvalue weighted by Gasteiger charge is 2.25. The fourth-order valence-corrected chi connectivity index (χ4v) is 2.30. The van der Waals surface area contributed by atoms with Crippen molar-refractivity contribution < 1.29 is 0 Å². The van der Waals surface area contributed by atoms with Gasteiger partial charge in [-0.3, -0.25) is 0 Å². The van der Waals surface area contributed by atoms with E-state index in [-0.39, 0.29) is 18.4 Å². The average molecular weight is 311 g/mol. The molecule has 0 aromatic heterocycles. The Bertz CT molecular complexity index is 339. The van der Waals surface area contributed by atoms with Gasteiger partial charge in [0.2, 0.25) is 0 Å². The lowest BCUT2D eigenvalue weighted by Gasteiger charge is -2.31. The Hall–Kier alpha value is 0.240. The molecule has 0 unspecified atom stereocenters. The molecule has 0 radical (unpaired) electrons. The summed E-state index contributed by atoms with van der Waals surface area (Å²) in [5.41, 5.74) is 7.34. The molecule has 0 spiro atoms. The summed E-state index contributed by atoms with van der Waals surface area (Å²) in [4.78, 5) is 0. The molecule has 1 fully saturated rings. The highest BCUT2D eigenvalue weighted by Crippen LogP contribution is 2.37. The second-order valence-corrected chi connectivity index (χ2v) is 5.15. The van der Waals surface area contributed by atoms with Crippen molar-refractivity contribution in [2.24, 2.45) is 11.7 Å². The summed E-state index contributed by atoms with van der Waals surface area (Å²) in [7, 11) is 0. The van der Waals surface area contributed by atoms with Crippen molar-refractivity contribution >= 4 is 39.9 Å². The van der Waals surface area contributed by atoms with Gasteiger partial charge in [0.25, 0.3) is 0 Å². The molecule has 0 heterocycles. The second-order valence-electron chi connectivity index (χ2n) is 3.89. The van der Waals surface area contributed by atoms with Crippen LogP contribution in [0.5, 0.6) is 0 Å². The molecule has 1 nitrogen and oxygen atoms in total. The van der Waals surface area contributed by atoms with Crippen LogP contribution in [0.2, 0.25) is 5.02 Å². The van der Waals surface area contributed by atoms with Gasteiger partial charge >= 0.3 is 0 Å². The smallest absolute Gasteiger partial charge is 0.0548 e. The molecule has 0 bridgehead atoms. The zero-order valence-electron chi connectivity index (χ0n) is 8.25. The fraction of sp³-hybridized carbons (Fsp3) is 0.455. The third-order valence-electron chi connectivity index (χ3n) is 2.99. The van der Waals surface area contributed by atoms with Crippen molar-refractivity contribution in [3.05, 3.63) is 33.3 Å². The first-order valence-corrected chi connectivity index (χ1v) is 6.06. The molecule has 1 aliphatic carbocycles. The van der Waals surface area contributed by atoms with Gasteiger partial charge in [-0.25, -0.2) is 0 Å². The molecule has 2 N–H and O–H groups in total. The van der Waals surface area contributed by atoms with Crippen LogP contribution in [0.4, 0.5) is 0 Å². The Balaban J connectivity index is 0.00000112. The molecule has 0 amide bonds. The number of hydrogen-bond donors (Lipinski definition) is 1. The van der Waals surface area contributed by atoms with Crippen LogP contribution in [0.15, 0.2) is 22.7 Å². The predicted molar refractivity (Wildman–Crippen MR) is 70.7 cm³/mol. The Kier molecular flexibility index (Phi) is 4.91. The van der Waals surface area contributed by atoms with Gasteiger partial charge in [0.05, 0.1) is 5.02 Å². The van der Waals surface area contributed by atoms with Gasteiger partial charge < -0.3 is 5.73 Å². The van der Waals surface area contributed by atoms with Crippen molar-refractivity contribution in [3.8, 4) is 0 Å². The molecule has 84 valence electrons. The van der Waals surface area contributed by atoms with Crippen molar-refractivity contribution in [1.82, 2.24) is 0 Å². The summed E-state index contributed by atoms with van der Waals surface area (Å²) in [5.74, 6) is 0.670. The molecule has 1 atom stereocenters. The number of halogens is 3. The maximum absolute atomic E-state index is 6.16. The van der Waals surface area contributed by atoms with Gasteiger partial charge in [-0.15, -0.1) is 12.4 Å². The summed E-state index contributed by atoms with van der Waals surface area (Å²) >= 11 is 9.34. The van der Waals surface area contributed by atoms with Crippen molar-refractivity contribution in [2.75, 3.05) is 0 Å². The van der Waals surface area contributed by atoms with E-state index in [9.17, 15) is 0 Å². The van der Waals surface area contributed by atoms with Crippen LogP contribution in [0, 0.1) is 5.92 Å². The first-order valence-electron chi connectivity index (χ1n) is 4.89. The number of rotatable bonds is 2. The lowest BCUT2D eigenvalue weighted by molar-refractivity contribution is 0.264. The van der Waals surface area contributed by atoms with E-state index in [2.05, 4.69) is 15.9 Å². The van der Waals surface area contributed by atoms with Gasteiger partial charge in [-0.05, 0) is 52.4 Å². The molecule has 4 heteroatoms. The maximum Gasteiger partial charge on any atom is 0.0548 e. The highest BCUT2D eigenvalue weighted by atomic mass is 79.9.